The quantitative estimate of drug-likeness (QED) is 0.872. The van der Waals surface area contributed by atoms with Crippen LogP contribution in [0.4, 0.5) is 4.79 Å². The number of rotatable bonds is 5. The molecule has 0 atom stereocenters. The molecule has 2 N–H and O–H groups in total. The van der Waals surface area contributed by atoms with Crippen molar-refractivity contribution in [1.82, 2.24) is 10.6 Å². The summed E-state index contributed by atoms with van der Waals surface area (Å²) in [7, 11) is 1.61. The van der Waals surface area contributed by atoms with Crippen LogP contribution in [0, 0.1) is 13.8 Å². The fraction of sp³-hybridized carbons (Fsp3) is 0.500. The maximum atomic E-state index is 11.5. The number of halogens is 1. The van der Waals surface area contributed by atoms with E-state index in [2.05, 4.69) is 10.6 Å². The van der Waals surface area contributed by atoms with E-state index in [9.17, 15) is 4.79 Å². The first-order valence-corrected chi connectivity index (χ1v) is 6.73. The predicted molar refractivity (Wildman–Crippen MR) is 78.0 cm³/mol. The van der Waals surface area contributed by atoms with Gasteiger partial charge in [0.1, 0.15) is 5.75 Å². The summed E-state index contributed by atoms with van der Waals surface area (Å²) in [6.45, 7) is 6.93. The summed E-state index contributed by atoms with van der Waals surface area (Å²) in [4.78, 5) is 11.5. The topological polar surface area (TPSA) is 50.4 Å². The Balaban J connectivity index is 2.83. The Kier molecular flexibility index (Phi) is 5.96. The van der Waals surface area contributed by atoms with Gasteiger partial charge in [-0.05, 0) is 37.5 Å². The highest BCUT2D eigenvalue weighted by molar-refractivity contribution is 6.32. The first kappa shape index (κ1) is 15.6. The van der Waals surface area contributed by atoms with Crippen LogP contribution in [-0.2, 0) is 6.54 Å². The molecule has 2 amide bonds. The Morgan fingerprint density at radius 1 is 1.37 bits per heavy atom. The fourth-order valence-corrected chi connectivity index (χ4v) is 2.00. The van der Waals surface area contributed by atoms with E-state index in [4.69, 9.17) is 16.3 Å². The van der Waals surface area contributed by atoms with Crippen LogP contribution < -0.4 is 15.4 Å². The number of ether oxygens (including phenoxy) is 1. The number of carbonyl (C=O) groups excluding carboxylic acids is 1. The molecule has 1 aromatic carbocycles. The van der Waals surface area contributed by atoms with E-state index in [1.807, 2.05) is 26.8 Å². The molecule has 4 nitrogen and oxygen atoms in total. The molecular weight excluding hydrogens is 264 g/mol. The van der Waals surface area contributed by atoms with Crippen molar-refractivity contribution in [3.63, 3.8) is 0 Å². The maximum Gasteiger partial charge on any atom is 0.315 e. The van der Waals surface area contributed by atoms with Crippen LogP contribution in [0.3, 0.4) is 0 Å². The molecule has 0 saturated carbocycles. The van der Waals surface area contributed by atoms with Crippen molar-refractivity contribution in [2.75, 3.05) is 13.7 Å². The van der Waals surface area contributed by atoms with Crippen molar-refractivity contribution in [2.45, 2.75) is 33.7 Å². The van der Waals surface area contributed by atoms with E-state index < -0.39 is 0 Å². The van der Waals surface area contributed by atoms with Crippen molar-refractivity contribution in [3.8, 4) is 5.75 Å². The molecule has 0 aliphatic carbocycles. The number of aryl methyl sites for hydroxylation is 1. The van der Waals surface area contributed by atoms with Crippen molar-refractivity contribution in [1.29, 1.82) is 0 Å². The van der Waals surface area contributed by atoms with Gasteiger partial charge in [0.25, 0.3) is 0 Å². The van der Waals surface area contributed by atoms with Crippen molar-refractivity contribution < 1.29 is 9.53 Å². The first-order chi connectivity index (χ1) is 9.01. The highest BCUT2D eigenvalue weighted by atomic mass is 35.5. The number of urea groups is 1. The van der Waals surface area contributed by atoms with Crippen molar-refractivity contribution >= 4 is 17.6 Å². The van der Waals surface area contributed by atoms with Gasteiger partial charge >= 0.3 is 6.03 Å². The van der Waals surface area contributed by atoms with Crippen LogP contribution in [-0.4, -0.2) is 19.7 Å². The van der Waals surface area contributed by atoms with Crippen LogP contribution in [0.15, 0.2) is 6.07 Å². The summed E-state index contributed by atoms with van der Waals surface area (Å²) in [5.41, 5.74) is 2.81. The number of hydrogen-bond donors (Lipinski definition) is 2. The maximum absolute atomic E-state index is 11.5. The third kappa shape index (κ3) is 4.03. The van der Waals surface area contributed by atoms with E-state index in [1.54, 1.807) is 7.11 Å². The van der Waals surface area contributed by atoms with Gasteiger partial charge in [-0.15, -0.1) is 0 Å². The molecule has 0 unspecified atom stereocenters. The van der Waals surface area contributed by atoms with Gasteiger partial charge in [0.2, 0.25) is 0 Å². The smallest absolute Gasteiger partial charge is 0.315 e. The van der Waals surface area contributed by atoms with Gasteiger partial charge in [0.15, 0.2) is 0 Å². The van der Waals surface area contributed by atoms with Crippen LogP contribution in [0.25, 0.3) is 0 Å². The van der Waals surface area contributed by atoms with Crippen LogP contribution in [0.2, 0.25) is 5.02 Å². The van der Waals surface area contributed by atoms with E-state index in [0.717, 1.165) is 28.9 Å². The average molecular weight is 285 g/mol. The molecule has 106 valence electrons. The molecule has 0 heterocycles. The lowest BCUT2D eigenvalue weighted by molar-refractivity contribution is 0.240. The summed E-state index contributed by atoms with van der Waals surface area (Å²) in [6, 6.07) is 1.70. The molecule has 0 aliphatic rings. The molecule has 1 aromatic rings. The minimum atomic E-state index is -0.181. The SMILES string of the molecule is CCCNC(=O)NCc1c(OC)cc(C)c(Cl)c1C. The Bertz CT molecular complexity index is 461. The predicted octanol–water partition coefficient (Wildman–Crippen LogP) is 3.17. The number of nitrogens with one attached hydrogen (secondary N) is 2. The molecule has 0 bridgehead atoms. The lowest BCUT2D eigenvalue weighted by Gasteiger charge is -2.16. The standard InChI is InChI=1S/C14H21ClN2O2/c1-5-6-16-14(18)17-8-11-10(3)13(15)9(2)7-12(11)19-4/h7H,5-6,8H2,1-4H3,(H2,16,17,18). The van der Waals surface area contributed by atoms with Crippen LogP contribution in [0.1, 0.15) is 30.0 Å². The van der Waals surface area contributed by atoms with Gasteiger partial charge in [0.05, 0.1) is 7.11 Å². The lowest BCUT2D eigenvalue weighted by atomic mass is 10.0. The third-order valence-corrected chi connectivity index (χ3v) is 3.54. The summed E-state index contributed by atoms with van der Waals surface area (Å²) < 4.78 is 5.35. The molecule has 0 radical (unpaired) electrons. The molecule has 19 heavy (non-hydrogen) atoms. The minimum Gasteiger partial charge on any atom is -0.496 e. The largest absolute Gasteiger partial charge is 0.496 e. The third-order valence-electron chi connectivity index (χ3n) is 2.95. The summed E-state index contributed by atoms with van der Waals surface area (Å²) in [5, 5.41) is 6.28. The number of amides is 2. The molecule has 1 rings (SSSR count). The molecule has 0 saturated heterocycles. The minimum absolute atomic E-state index is 0.181. The van der Waals surface area contributed by atoms with Gasteiger partial charge in [-0.2, -0.15) is 0 Å². The van der Waals surface area contributed by atoms with E-state index in [0.29, 0.717) is 18.1 Å². The Hall–Kier alpha value is -1.42. The fourth-order valence-electron chi connectivity index (χ4n) is 1.83. The molecular formula is C14H21ClN2O2. The average Bonchev–Trinajstić information content (AvgIpc) is 2.41. The van der Waals surface area contributed by atoms with E-state index in [1.165, 1.54) is 0 Å². The van der Waals surface area contributed by atoms with Gasteiger partial charge in [-0.25, -0.2) is 4.79 Å². The molecule has 0 aliphatic heterocycles. The number of benzene rings is 1. The molecule has 5 heteroatoms. The zero-order valence-electron chi connectivity index (χ0n) is 11.9. The second-order valence-electron chi connectivity index (χ2n) is 4.42. The number of carbonyl (C=O) groups is 1. The van der Waals surface area contributed by atoms with Crippen LogP contribution in [0.5, 0.6) is 5.75 Å². The monoisotopic (exact) mass is 284 g/mol. The first-order valence-electron chi connectivity index (χ1n) is 6.35. The van der Waals surface area contributed by atoms with E-state index >= 15 is 0 Å². The van der Waals surface area contributed by atoms with Gasteiger partial charge < -0.3 is 15.4 Å². The zero-order valence-corrected chi connectivity index (χ0v) is 12.6. The zero-order chi connectivity index (χ0) is 14.4. The summed E-state index contributed by atoms with van der Waals surface area (Å²) >= 11 is 6.23. The Morgan fingerprint density at radius 3 is 2.63 bits per heavy atom. The second-order valence-corrected chi connectivity index (χ2v) is 4.80. The summed E-state index contributed by atoms with van der Waals surface area (Å²) in [6.07, 6.45) is 0.909. The van der Waals surface area contributed by atoms with Gasteiger partial charge in [0, 0.05) is 23.7 Å². The highest BCUT2D eigenvalue weighted by Gasteiger charge is 2.13. The number of hydrogen-bond acceptors (Lipinski definition) is 2. The molecule has 0 spiro atoms. The lowest BCUT2D eigenvalue weighted by Crippen LogP contribution is -2.35. The molecule has 0 fully saturated rings. The molecule has 0 aromatic heterocycles. The van der Waals surface area contributed by atoms with Gasteiger partial charge in [-0.3, -0.25) is 0 Å². The Labute approximate surface area is 119 Å². The van der Waals surface area contributed by atoms with Crippen molar-refractivity contribution in [2.24, 2.45) is 0 Å². The second kappa shape index (κ2) is 7.24. The normalized spacial score (nSPS) is 10.2. The van der Waals surface area contributed by atoms with Crippen molar-refractivity contribution in [3.05, 3.63) is 27.8 Å². The number of methoxy groups -OCH3 is 1. The van der Waals surface area contributed by atoms with Crippen LogP contribution >= 0.6 is 11.6 Å². The summed E-state index contributed by atoms with van der Waals surface area (Å²) in [5.74, 6) is 0.746. The highest BCUT2D eigenvalue weighted by Crippen LogP contribution is 2.31. The van der Waals surface area contributed by atoms with E-state index in [-0.39, 0.29) is 6.03 Å². The Morgan fingerprint density at radius 2 is 2.05 bits per heavy atom. The van der Waals surface area contributed by atoms with Gasteiger partial charge in [-0.1, -0.05) is 18.5 Å².